The summed E-state index contributed by atoms with van der Waals surface area (Å²) in [5, 5.41) is 10.8. The number of carbonyl (C=O) groups is 1. The molecule has 1 saturated heterocycles. The summed E-state index contributed by atoms with van der Waals surface area (Å²) in [5.74, 6) is 1.34. The molecule has 7 nitrogen and oxygen atoms in total. The van der Waals surface area contributed by atoms with Crippen molar-refractivity contribution in [3.63, 3.8) is 0 Å². The van der Waals surface area contributed by atoms with E-state index in [0.717, 1.165) is 0 Å². The second-order valence-corrected chi connectivity index (χ2v) is 9.16. The van der Waals surface area contributed by atoms with Crippen LogP contribution in [-0.2, 0) is 6.54 Å². The maximum Gasteiger partial charge on any atom is 0.232 e. The minimum absolute atomic E-state index is 0.0841. The van der Waals surface area contributed by atoms with E-state index in [2.05, 4.69) is 4.90 Å². The smallest absolute Gasteiger partial charge is 0.232 e. The topological polar surface area (TPSA) is 71.5 Å². The van der Waals surface area contributed by atoms with Crippen molar-refractivity contribution in [2.24, 2.45) is 0 Å². The highest BCUT2D eigenvalue weighted by Gasteiger charge is 2.34. The van der Waals surface area contributed by atoms with Gasteiger partial charge in [-0.2, -0.15) is 0 Å². The fraction of sp³-hybridized carbons (Fsp3) is 0.276. The molecule has 0 radical (unpaired) electrons. The van der Waals surface area contributed by atoms with Crippen LogP contribution in [0.2, 0.25) is 0 Å². The van der Waals surface area contributed by atoms with Crippen LogP contribution in [0.4, 0.5) is 10.1 Å². The number of rotatable bonds is 6. The number of halogens is 1. The molecule has 2 aliphatic rings. The third kappa shape index (κ3) is 4.72. The first kappa shape index (κ1) is 24.6. The molecule has 0 saturated carbocycles. The van der Waals surface area contributed by atoms with Crippen LogP contribution in [0, 0.1) is 12.7 Å². The first-order chi connectivity index (χ1) is 17.9. The zero-order valence-corrected chi connectivity index (χ0v) is 21.1. The molecular formula is C29H29FN2O5. The van der Waals surface area contributed by atoms with E-state index >= 15 is 0 Å². The Morgan fingerprint density at radius 2 is 1.81 bits per heavy atom. The lowest BCUT2D eigenvalue weighted by Crippen LogP contribution is -2.46. The number of aryl methyl sites for hydroxylation is 1. The largest absolute Gasteiger partial charge is 0.507 e. The van der Waals surface area contributed by atoms with E-state index in [4.69, 9.17) is 14.2 Å². The molecule has 192 valence electrons. The first-order valence-corrected chi connectivity index (χ1v) is 12.1. The number of phenols is 1. The number of phenolic OH excluding ortho intramolecular Hbond substituents is 1. The average molecular weight is 505 g/mol. The molecule has 1 fully saturated rings. The molecule has 2 heterocycles. The predicted molar refractivity (Wildman–Crippen MR) is 139 cm³/mol. The lowest BCUT2D eigenvalue weighted by Gasteiger charge is -2.36. The van der Waals surface area contributed by atoms with E-state index in [9.17, 15) is 14.3 Å². The highest BCUT2D eigenvalue weighted by Crippen LogP contribution is 2.43. The fourth-order valence-corrected chi connectivity index (χ4v) is 4.90. The fourth-order valence-electron chi connectivity index (χ4n) is 4.90. The van der Waals surface area contributed by atoms with Crippen molar-refractivity contribution in [2.75, 3.05) is 45.3 Å². The molecule has 0 amide bonds. The molecule has 0 bridgehead atoms. The monoisotopic (exact) mass is 504 g/mol. The number of methoxy groups -OCH3 is 2. The molecule has 0 aliphatic carbocycles. The quantitative estimate of drug-likeness (QED) is 0.484. The van der Waals surface area contributed by atoms with Crippen molar-refractivity contribution in [1.82, 2.24) is 4.90 Å². The minimum atomic E-state index is -0.247. The van der Waals surface area contributed by atoms with Crippen LogP contribution in [0.1, 0.15) is 27.0 Å². The van der Waals surface area contributed by atoms with Crippen LogP contribution >= 0.6 is 0 Å². The van der Waals surface area contributed by atoms with Gasteiger partial charge < -0.3 is 24.2 Å². The highest BCUT2D eigenvalue weighted by molar-refractivity contribution is 6.16. The molecule has 5 rings (SSSR count). The molecule has 1 N–H and O–H groups in total. The number of para-hydroxylation sites is 1. The van der Waals surface area contributed by atoms with Gasteiger partial charge in [0.1, 0.15) is 28.8 Å². The summed E-state index contributed by atoms with van der Waals surface area (Å²) in [7, 11) is 3.13. The number of aromatic hydroxyl groups is 1. The van der Waals surface area contributed by atoms with E-state index in [-0.39, 0.29) is 23.1 Å². The van der Waals surface area contributed by atoms with Gasteiger partial charge in [0.15, 0.2) is 5.76 Å². The summed E-state index contributed by atoms with van der Waals surface area (Å²) in [6.07, 6.45) is 1.64. The Hall–Kier alpha value is -4.04. The Morgan fingerprint density at radius 3 is 2.51 bits per heavy atom. The maximum atomic E-state index is 14.2. The standard InChI is InChI=1S/C29H29FN2O5/c1-18-14-24(33)21(17-31-10-12-32(13-11-31)23-7-5-4-6-22(23)30)29-27(18)28(34)26(37-29)16-19-15-20(35-2)8-9-25(19)36-3/h4-9,14-16,33H,10-13,17H2,1-3H3/b26-16-. The molecule has 0 atom stereocenters. The summed E-state index contributed by atoms with van der Waals surface area (Å²) in [6, 6.07) is 13.7. The zero-order valence-electron chi connectivity index (χ0n) is 21.1. The number of anilines is 1. The van der Waals surface area contributed by atoms with Crippen molar-refractivity contribution in [3.05, 3.63) is 82.4 Å². The molecule has 2 aliphatic heterocycles. The third-order valence-electron chi connectivity index (χ3n) is 6.89. The number of nitrogens with zero attached hydrogens (tertiary/aromatic N) is 2. The van der Waals surface area contributed by atoms with Gasteiger partial charge in [-0.15, -0.1) is 0 Å². The lowest BCUT2D eigenvalue weighted by atomic mass is 9.99. The van der Waals surface area contributed by atoms with Crippen LogP contribution in [-0.4, -0.2) is 56.2 Å². The minimum Gasteiger partial charge on any atom is -0.507 e. The zero-order chi connectivity index (χ0) is 26.1. The van der Waals surface area contributed by atoms with Crippen molar-refractivity contribution in [2.45, 2.75) is 13.5 Å². The Labute approximate surface area is 215 Å². The van der Waals surface area contributed by atoms with Gasteiger partial charge in [-0.1, -0.05) is 12.1 Å². The number of ketones is 1. The highest BCUT2D eigenvalue weighted by atomic mass is 19.1. The van der Waals surface area contributed by atoms with Gasteiger partial charge in [0.2, 0.25) is 5.78 Å². The Balaban J connectivity index is 1.39. The van der Waals surface area contributed by atoms with Gasteiger partial charge in [0, 0.05) is 38.3 Å². The summed E-state index contributed by atoms with van der Waals surface area (Å²) in [6.45, 7) is 4.84. The Kier molecular flexibility index (Phi) is 6.76. The second kappa shape index (κ2) is 10.1. The van der Waals surface area contributed by atoms with Crippen molar-refractivity contribution >= 4 is 17.5 Å². The molecule has 8 heteroatoms. The number of carbonyl (C=O) groups excluding carboxylic acids is 1. The normalized spacial score (nSPS) is 16.6. The SMILES string of the molecule is COc1ccc(OC)c(/C=C2\Oc3c(CN4CCN(c5ccccc5F)CC4)c(O)cc(C)c3C2=O)c1. The molecule has 0 unspecified atom stereocenters. The summed E-state index contributed by atoms with van der Waals surface area (Å²) < 4.78 is 31.1. The van der Waals surface area contributed by atoms with Gasteiger partial charge in [-0.3, -0.25) is 9.69 Å². The Morgan fingerprint density at radius 1 is 1.05 bits per heavy atom. The molecule has 0 aromatic heterocycles. The number of hydrogen-bond acceptors (Lipinski definition) is 7. The second-order valence-electron chi connectivity index (χ2n) is 9.16. The van der Waals surface area contributed by atoms with E-state index in [1.807, 2.05) is 11.0 Å². The molecule has 0 spiro atoms. The van der Waals surface area contributed by atoms with Crippen molar-refractivity contribution in [1.29, 1.82) is 0 Å². The summed E-state index contributed by atoms with van der Waals surface area (Å²) in [4.78, 5) is 17.6. The van der Waals surface area contributed by atoms with E-state index in [1.165, 1.54) is 6.07 Å². The first-order valence-electron chi connectivity index (χ1n) is 12.1. The average Bonchev–Trinajstić information content (AvgIpc) is 3.23. The van der Waals surface area contributed by atoms with Crippen LogP contribution in [0.25, 0.3) is 6.08 Å². The van der Waals surface area contributed by atoms with Crippen LogP contribution in [0.15, 0.2) is 54.3 Å². The van der Waals surface area contributed by atoms with Crippen LogP contribution < -0.4 is 19.1 Å². The van der Waals surface area contributed by atoms with Gasteiger partial charge in [0.25, 0.3) is 0 Å². The molecule has 37 heavy (non-hydrogen) atoms. The van der Waals surface area contributed by atoms with Crippen molar-refractivity contribution in [3.8, 4) is 23.0 Å². The number of allylic oxidation sites excluding steroid dienone is 1. The summed E-state index contributed by atoms with van der Waals surface area (Å²) in [5.41, 5.74) is 2.90. The molecule has 3 aromatic rings. The van der Waals surface area contributed by atoms with Gasteiger partial charge in [0.05, 0.1) is 31.0 Å². The van der Waals surface area contributed by atoms with Crippen LogP contribution in [0.3, 0.4) is 0 Å². The number of ether oxygens (including phenoxy) is 3. The van der Waals surface area contributed by atoms with Gasteiger partial charge in [-0.25, -0.2) is 4.39 Å². The maximum absolute atomic E-state index is 14.2. The number of fused-ring (bicyclic) bond motifs is 1. The summed E-state index contributed by atoms with van der Waals surface area (Å²) >= 11 is 0. The third-order valence-corrected chi connectivity index (χ3v) is 6.89. The lowest BCUT2D eigenvalue weighted by molar-refractivity contribution is 0.101. The molecular weight excluding hydrogens is 475 g/mol. The molecule has 3 aromatic carbocycles. The van der Waals surface area contributed by atoms with Crippen molar-refractivity contribution < 1.29 is 28.5 Å². The Bertz CT molecular complexity index is 1380. The number of benzene rings is 3. The number of Topliss-reactive ketones (excluding diaryl/α,β-unsaturated/α-hetero) is 1. The van der Waals surface area contributed by atoms with Gasteiger partial charge in [-0.05, 0) is 55.0 Å². The number of piperazine rings is 1. The van der Waals surface area contributed by atoms with Gasteiger partial charge >= 0.3 is 0 Å². The number of hydrogen-bond donors (Lipinski definition) is 1. The predicted octanol–water partition coefficient (Wildman–Crippen LogP) is 4.80. The van der Waals surface area contributed by atoms with E-state index in [0.29, 0.717) is 77.9 Å². The van der Waals surface area contributed by atoms with Crippen LogP contribution in [0.5, 0.6) is 23.0 Å². The van der Waals surface area contributed by atoms with E-state index in [1.54, 1.807) is 63.6 Å². The van der Waals surface area contributed by atoms with E-state index < -0.39 is 0 Å².